The first-order valence-corrected chi connectivity index (χ1v) is 3.81. The summed E-state index contributed by atoms with van der Waals surface area (Å²) in [6.07, 6.45) is -1.00. The molecule has 0 radical (unpaired) electrons. The van der Waals surface area contributed by atoms with Gasteiger partial charge in [-0.2, -0.15) is 0 Å². The Morgan fingerprint density at radius 1 is 1.38 bits per heavy atom. The van der Waals surface area contributed by atoms with Crippen LogP contribution in [0.3, 0.4) is 0 Å². The number of carboxylic acid groups (broad SMARTS) is 1. The number of hydrogen-bond acceptors (Lipinski definition) is 2. The van der Waals surface area contributed by atoms with Gasteiger partial charge in [-0.3, -0.25) is 4.90 Å². The molecule has 0 heterocycles. The van der Waals surface area contributed by atoms with E-state index < -0.39 is 6.09 Å². The Balaban J connectivity index is 2.85. The molecule has 0 spiro atoms. The molecule has 2 N–H and O–H groups in total. The molecule has 1 aromatic rings. The summed E-state index contributed by atoms with van der Waals surface area (Å²) < 4.78 is 0. The van der Waals surface area contributed by atoms with Crippen molar-refractivity contribution in [2.24, 2.45) is 0 Å². The van der Waals surface area contributed by atoms with E-state index in [1.54, 1.807) is 24.3 Å². The number of hydrogen-bond donors (Lipinski definition) is 2. The second-order valence-electron chi connectivity index (χ2n) is 2.67. The van der Waals surface area contributed by atoms with Crippen LogP contribution in [0.5, 0.6) is 0 Å². The van der Waals surface area contributed by atoms with Gasteiger partial charge in [-0.1, -0.05) is 12.1 Å². The molecule has 0 bridgehead atoms. The third-order valence-electron chi connectivity index (χ3n) is 1.79. The molecule has 0 aliphatic heterocycles. The van der Waals surface area contributed by atoms with Gasteiger partial charge in [0.1, 0.15) is 0 Å². The van der Waals surface area contributed by atoms with Crippen LogP contribution in [0.15, 0.2) is 24.3 Å². The van der Waals surface area contributed by atoms with Crippen molar-refractivity contribution in [1.82, 2.24) is 0 Å². The number of anilines is 1. The van der Waals surface area contributed by atoms with E-state index in [4.69, 9.17) is 10.2 Å². The maximum Gasteiger partial charge on any atom is 0.411 e. The number of carbonyl (C=O) groups is 1. The van der Waals surface area contributed by atoms with Crippen molar-refractivity contribution < 1.29 is 15.0 Å². The Labute approximate surface area is 76.0 Å². The Morgan fingerprint density at radius 3 is 2.31 bits per heavy atom. The summed E-state index contributed by atoms with van der Waals surface area (Å²) in [7, 11) is 1.47. The first-order valence-electron chi connectivity index (χ1n) is 3.81. The third-order valence-corrected chi connectivity index (χ3v) is 1.79. The van der Waals surface area contributed by atoms with Crippen molar-refractivity contribution in [2.75, 3.05) is 11.9 Å². The number of amides is 1. The van der Waals surface area contributed by atoms with Crippen molar-refractivity contribution in [3.05, 3.63) is 29.8 Å². The lowest BCUT2D eigenvalue weighted by Gasteiger charge is -2.12. The molecular weight excluding hydrogens is 170 g/mol. The second kappa shape index (κ2) is 3.91. The standard InChI is InChI=1S/C9H11NO3/c1-10(9(12)13)8-4-2-7(6-11)3-5-8/h2-5,11H,6H2,1H3,(H,12,13). The zero-order chi connectivity index (χ0) is 9.84. The monoisotopic (exact) mass is 181 g/mol. The highest BCUT2D eigenvalue weighted by Gasteiger charge is 2.06. The molecule has 0 saturated heterocycles. The number of benzene rings is 1. The highest BCUT2D eigenvalue weighted by Crippen LogP contribution is 2.13. The summed E-state index contributed by atoms with van der Waals surface area (Å²) >= 11 is 0. The van der Waals surface area contributed by atoms with E-state index in [9.17, 15) is 4.79 Å². The molecule has 13 heavy (non-hydrogen) atoms. The van der Waals surface area contributed by atoms with E-state index in [2.05, 4.69) is 0 Å². The predicted molar refractivity (Wildman–Crippen MR) is 48.8 cm³/mol. The SMILES string of the molecule is CN(C(=O)O)c1ccc(CO)cc1. The summed E-state index contributed by atoms with van der Waals surface area (Å²) in [6, 6.07) is 6.68. The van der Waals surface area contributed by atoms with Gasteiger partial charge in [-0.15, -0.1) is 0 Å². The fraction of sp³-hybridized carbons (Fsp3) is 0.222. The van der Waals surface area contributed by atoms with Gasteiger partial charge in [-0.25, -0.2) is 4.79 Å². The largest absolute Gasteiger partial charge is 0.465 e. The van der Waals surface area contributed by atoms with Crippen LogP contribution in [0.1, 0.15) is 5.56 Å². The van der Waals surface area contributed by atoms with E-state index in [1.165, 1.54) is 7.05 Å². The van der Waals surface area contributed by atoms with Crippen molar-refractivity contribution in [3.63, 3.8) is 0 Å². The minimum Gasteiger partial charge on any atom is -0.465 e. The normalized spacial score (nSPS) is 9.69. The van der Waals surface area contributed by atoms with Gasteiger partial charge in [0.2, 0.25) is 0 Å². The molecule has 0 aliphatic carbocycles. The number of aliphatic hydroxyl groups excluding tert-OH is 1. The lowest BCUT2D eigenvalue weighted by molar-refractivity contribution is 0.203. The molecule has 70 valence electrons. The summed E-state index contributed by atoms with van der Waals surface area (Å²) in [4.78, 5) is 11.6. The zero-order valence-corrected chi connectivity index (χ0v) is 7.27. The van der Waals surface area contributed by atoms with Crippen LogP contribution in [-0.2, 0) is 6.61 Å². The van der Waals surface area contributed by atoms with Crippen LogP contribution in [0.25, 0.3) is 0 Å². The molecule has 0 aliphatic rings. The summed E-state index contributed by atoms with van der Waals surface area (Å²) in [5, 5.41) is 17.4. The molecule has 0 saturated carbocycles. The maximum absolute atomic E-state index is 10.5. The molecule has 1 rings (SSSR count). The van der Waals surface area contributed by atoms with Crippen molar-refractivity contribution >= 4 is 11.8 Å². The molecule has 1 amide bonds. The average Bonchev–Trinajstić information content (AvgIpc) is 2.17. The number of rotatable bonds is 2. The van der Waals surface area contributed by atoms with Crippen molar-refractivity contribution in [2.45, 2.75) is 6.61 Å². The molecule has 1 aromatic carbocycles. The molecule has 0 atom stereocenters. The third kappa shape index (κ3) is 2.19. The quantitative estimate of drug-likeness (QED) is 0.722. The minimum absolute atomic E-state index is 0.0307. The van der Waals surface area contributed by atoms with Crippen LogP contribution in [0.2, 0.25) is 0 Å². The van der Waals surface area contributed by atoms with E-state index in [-0.39, 0.29) is 6.61 Å². The summed E-state index contributed by atoms with van der Waals surface area (Å²) in [5.74, 6) is 0. The summed E-state index contributed by atoms with van der Waals surface area (Å²) in [6.45, 7) is -0.0307. The van der Waals surface area contributed by atoms with E-state index >= 15 is 0 Å². The smallest absolute Gasteiger partial charge is 0.411 e. The number of nitrogens with zero attached hydrogens (tertiary/aromatic N) is 1. The van der Waals surface area contributed by atoms with Crippen molar-refractivity contribution in [3.8, 4) is 0 Å². The maximum atomic E-state index is 10.5. The Hall–Kier alpha value is -1.55. The van der Waals surface area contributed by atoms with E-state index in [1.807, 2.05) is 0 Å². The first-order chi connectivity index (χ1) is 6.15. The fourth-order valence-electron chi connectivity index (χ4n) is 0.935. The Bertz CT molecular complexity index is 294. The zero-order valence-electron chi connectivity index (χ0n) is 7.27. The van der Waals surface area contributed by atoms with Crippen LogP contribution < -0.4 is 4.90 Å². The van der Waals surface area contributed by atoms with Gasteiger partial charge in [0.25, 0.3) is 0 Å². The molecule has 0 aromatic heterocycles. The molecule has 0 fully saturated rings. The molecule has 0 unspecified atom stereocenters. The van der Waals surface area contributed by atoms with Gasteiger partial charge in [0.15, 0.2) is 0 Å². The summed E-state index contributed by atoms with van der Waals surface area (Å²) in [5.41, 5.74) is 1.35. The molecular formula is C9H11NO3. The highest BCUT2D eigenvalue weighted by atomic mass is 16.4. The average molecular weight is 181 g/mol. The predicted octanol–water partition coefficient (Wildman–Crippen LogP) is 1.29. The second-order valence-corrected chi connectivity index (χ2v) is 2.67. The molecule has 4 heteroatoms. The lowest BCUT2D eigenvalue weighted by Crippen LogP contribution is -2.23. The van der Waals surface area contributed by atoms with Gasteiger partial charge in [0.05, 0.1) is 6.61 Å². The van der Waals surface area contributed by atoms with E-state index in [0.717, 1.165) is 10.5 Å². The van der Waals surface area contributed by atoms with Crippen LogP contribution in [0.4, 0.5) is 10.5 Å². The van der Waals surface area contributed by atoms with Gasteiger partial charge in [0, 0.05) is 12.7 Å². The van der Waals surface area contributed by atoms with Gasteiger partial charge >= 0.3 is 6.09 Å². The fourth-order valence-corrected chi connectivity index (χ4v) is 0.935. The van der Waals surface area contributed by atoms with Crippen LogP contribution >= 0.6 is 0 Å². The molecule has 4 nitrogen and oxygen atoms in total. The van der Waals surface area contributed by atoms with Crippen molar-refractivity contribution in [1.29, 1.82) is 0 Å². The Kier molecular flexibility index (Phi) is 2.87. The van der Waals surface area contributed by atoms with Crippen LogP contribution in [0, 0.1) is 0 Å². The van der Waals surface area contributed by atoms with Gasteiger partial charge < -0.3 is 10.2 Å². The number of aliphatic hydroxyl groups is 1. The van der Waals surface area contributed by atoms with Crippen LogP contribution in [-0.4, -0.2) is 23.4 Å². The topological polar surface area (TPSA) is 60.8 Å². The first kappa shape index (κ1) is 9.54. The lowest BCUT2D eigenvalue weighted by atomic mass is 10.2. The van der Waals surface area contributed by atoms with E-state index in [0.29, 0.717) is 5.69 Å². The minimum atomic E-state index is -1.00. The Morgan fingerprint density at radius 2 is 1.92 bits per heavy atom. The van der Waals surface area contributed by atoms with Gasteiger partial charge in [-0.05, 0) is 17.7 Å². The highest BCUT2D eigenvalue weighted by molar-refractivity contribution is 5.85.